The van der Waals surface area contributed by atoms with Crippen LogP contribution in [0.15, 0.2) is 39.9 Å². The molecule has 2 aromatic heterocycles. The van der Waals surface area contributed by atoms with Gasteiger partial charge in [-0.15, -0.1) is 0 Å². The Bertz CT molecular complexity index is 1110. The molecule has 1 aliphatic rings. The van der Waals surface area contributed by atoms with Crippen molar-refractivity contribution in [2.45, 2.75) is 25.7 Å². The average Bonchev–Trinajstić information content (AvgIpc) is 2.96. The van der Waals surface area contributed by atoms with Gasteiger partial charge in [0.15, 0.2) is 0 Å². The monoisotopic (exact) mass is 420 g/mol. The number of hydrogen-bond donors (Lipinski definition) is 2. The molecule has 0 aliphatic carbocycles. The van der Waals surface area contributed by atoms with Crippen molar-refractivity contribution in [3.8, 4) is 0 Å². The van der Waals surface area contributed by atoms with Crippen LogP contribution in [0.3, 0.4) is 0 Å². The van der Waals surface area contributed by atoms with Crippen LogP contribution in [0.4, 0.5) is 4.39 Å². The largest absolute Gasteiger partial charge is 0.342 e. The maximum Gasteiger partial charge on any atom is 0.327 e. The molecule has 2 N–H and O–H groups in total. The van der Waals surface area contributed by atoms with E-state index in [9.17, 15) is 18.8 Å². The number of carbonyl (C=O) groups is 1. The first-order chi connectivity index (χ1) is 13.8. The van der Waals surface area contributed by atoms with Crippen LogP contribution >= 0.6 is 11.6 Å². The molecule has 0 radical (unpaired) electrons. The molecule has 4 rings (SSSR count). The highest BCUT2D eigenvalue weighted by Crippen LogP contribution is 2.16. The number of piperidine rings is 1. The van der Waals surface area contributed by atoms with Gasteiger partial charge in [-0.2, -0.15) is 0 Å². The number of benzene rings is 1. The number of hydrogen-bond acceptors (Lipinski definition) is 3. The number of aromatic nitrogens is 3. The number of nitrogens with zero attached hydrogens (tertiary/aromatic N) is 2. The molecular weight excluding hydrogens is 399 g/mol. The van der Waals surface area contributed by atoms with E-state index in [0.29, 0.717) is 21.7 Å². The number of aromatic amines is 2. The van der Waals surface area contributed by atoms with Gasteiger partial charge in [-0.1, -0.05) is 11.6 Å². The lowest BCUT2D eigenvalue weighted by Crippen LogP contribution is -2.36. The fourth-order valence-electron chi connectivity index (χ4n) is 3.27. The Kier molecular flexibility index (Phi) is 6.53. The second kappa shape index (κ2) is 9.09. The Labute approximate surface area is 171 Å². The van der Waals surface area contributed by atoms with Gasteiger partial charge < -0.3 is 14.9 Å². The van der Waals surface area contributed by atoms with Crippen molar-refractivity contribution in [3.63, 3.8) is 0 Å². The normalized spacial score (nSPS) is 13.8. The Hall–Kier alpha value is -2.87. The molecule has 0 bridgehead atoms. The van der Waals surface area contributed by atoms with Crippen molar-refractivity contribution >= 4 is 28.7 Å². The standard InChI is InChI=1S/C13H15ClFNO.C7H7N3O2/c14-11-6-10(7-12(15)9-11)8-13(17)16-4-2-1-3-5-16;1-10-6-4(8-7(10)12)2-3-5(11)9-6/h6-7,9H,1-5,8H2;2-3H,1H3,(H,8,12)(H,9,11). The summed E-state index contributed by atoms with van der Waals surface area (Å²) in [5, 5.41) is 0.339. The molecule has 7 nitrogen and oxygen atoms in total. The summed E-state index contributed by atoms with van der Waals surface area (Å²) < 4.78 is 14.5. The number of likely N-dealkylation sites (tertiary alicyclic amines) is 1. The molecule has 154 valence electrons. The van der Waals surface area contributed by atoms with Crippen molar-refractivity contribution < 1.29 is 9.18 Å². The predicted molar refractivity (Wildman–Crippen MR) is 110 cm³/mol. The summed E-state index contributed by atoms with van der Waals surface area (Å²) in [7, 11) is 1.59. The van der Waals surface area contributed by atoms with Crippen LogP contribution in [0.1, 0.15) is 24.8 Å². The van der Waals surface area contributed by atoms with E-state index in [-0.39, 0.29) is 29.4 Å². The molecule has 1 saturated heterocycles. The molecule has 3 aromatic rings. The molecule has 0 atom stereocenters. The van der Waals surface area contributed by atoms with E-state index < -0.39 is 0 Å². The fraction of sp³-hybridized carbons (Fsp3) is 0.350. The summed E-state index contributed by atoms with van der Waals surface area (Å²) in [4.78, 5) is 40.8. The van der Waals surface area contributed by atoms with Gasteiger partial charge in [-0.05, 0) is 49.1 Å². The molecule has 0 saturated carbocycles. The first kappa shape index (κ1) is 20.9. The molecule has 0 spiro atoms. The molecule has 1 fully saturated rings. The zero-order valence-electron chi connectivity index (χ0n) is 16.0. The summed E-state index contributed by atoms with van der Waals surface area (Å²) in [6, 6.07) is 7.21. The number of fused-ring (bicyclic) bond motifs is 1. The lowest BCUT2D eigenvalue weighted by atomic mass is 10.1. The zero-order valence-corrected chi connectivity index (χ0v) is 16.8. The summed E-state index contributed by atoms with van der Waals surface area (Å²) >= 11 is 5.75. The zero-order chi connectivity index (χ0) is 21.0. The van der Waals surface area contributed by atoms with Crippen molar-refractivity contribution in [2.75, 3.05) is 13.1 Å². The predicted octanol–water partition coefficient (Wildman–Crippen LogP) is 2.59. The Balaban J connectivity index is 0.000000176. The number of pyridine rings is 1. The minimum atomic E-state index is -0.390. The molecule has 1 amide bonds. The minimum Gasteiger partial charge on any atom is -0.342 e. The first-order valence-electron chi connectivity index (χ1n) is 9.34. The van der Waals surface area contributed by atoms with Crippen LogP contribution in [-0.2, 0) is 18.3 Å². The molecule has 3 heterocycles. The van der Waals surface area contributed by atoms with E-state index in [1.807, 2.05) is 4.90 Å². The smallest absolute Gasteiger partial charge is 0.327 e. The quantitative estimate of drug-likeness (QED) is 0.667. The van der Waals surface area contributed by atoms with E-state index in [2.05, 4.69) is 9.97 Å². The summed E-state index contributed by atoms with van der Waals surface area (Å²) in [5.41, 5.74) is 1.36. The molecule has 1 aliphatic heterocycles. The highest BCUT2D eigenvalue weighted by molar-refractivity contribution is 6.30. The SMILES string of the molecule is Cn1c(=O)[nH]c2ccc(=O)[nH]c21.O=C(Cc1cc(F)cc(Cl)c1)N1CCCCC1. The Morgan fingerprint density at radius 1 is 1.10 bits per heavy atom. The Morgan fingerprint density at radius 3 is 2.52 bits per heavy atom. The van der Waals surface area contributed by atoms with Crippen LogP contribution in [0.5, 0.6) is 0 Å². The third-order valence-corrected chi connectivity index (χ3v) is 4.98. The molecule has 29 heavy (non-hydrogen) atoms. The number of carbonyl (C=O) groups excluding carboxylic acids is 1. The average molecular weight is 421 g/mol. The number of halogens is 2. The number of imidazole rings is 1. The van der Waals surface area contributed by atoms with Crippen molar-refractivity contribution in [2.24, 2.45) is 7.05 Å². The maximum atomic E-state index is 13.1. The summed E-state index contributed by atoms with van der Waals surface area (Å²) in [6.45, 7) is 1.64. The molecular formula is C20H22ClFN4O3. The highest BCUT2D eigenvalue weighted by atomic mass is 35.5. The van der Waals surface area contributed by atoms with E-state index in [0.717, 1.165) is 25.9 Å². The van der Waals surface area contributed by atoms with Crippen LogP contribution in [0.2, 0.25) is 5.02 Å². The van der Waals surface area contributed by atoms with E-state index in [4.69, 9.17) is 11.6 Å². The highest BCUT2D eigenvalue weighted by Gasteiger charge is 2.17. The van der Waals surface area contributed by atoms with Crippen LogP contribution < -0.4 is 11.2 Å². The van der Waals surface area contributed by atoms with Gasteiger partial charge in [0.2, 0.25) is 11.5 Å². The first-order valence-corrected chi connectivity index (χ1v) is 9.72. The maximum absolute atomic E-state index is 13.1. The van der Waals surface area contributed by atoms with Gasteiger partial charge in [0.25, 0.3) is 0 Å². The van der Waals surface area contributed by atoms with Gasteiger partial charge in [0, 0.05) is 31.2 Å². The summed E-state index contributed by atoms with van der Waals surface area (Å²) in [6.07, 6.45) is 3.55. The topological polar surface area (TPSA) is 91.0 Å². The fourth-order valence-corrected chi connectivity index (χ4v) is 3.52. The van der Waals surface area contributed by atoms with Crippen LogP contribution in [0, 0.1) is 5.82 Å². The number of amides is 1. The third kappa shape index (κ3) is 5.35. The number of aryl methyl sites for hydroxylation is 1. The number of nitrogens with one attached hydrogen (secondary N) is 2. The number of rotatable bonds is 2. The van der Waals surface area contributed by atoms with Gasteiger partial charge in [0.1, 0.15) is 11.5 Å². The van der Waals surface area contributed by atoms with Crippen LogP contribution in [0.25, 0.3) is 11.2 Å². The molecule has 9 heteroatoms. The third-order valence-electron chi connectivity index (χ3n) is 4.77. The molecule has 1 aromatic carbocycles. The van der Waals surface area contributed by atoms with E-state index in [1.165, 1.54) is 29.2 Å². The van der Waals surface area contributed by atoms with Gasteiger partial charge in [-0.25, -0.2) is 9.18 Å². The van der Waals surface area contributed by atoms with Gasteiger partial charge in [-0.3, -0.25) is 14.2 Å². The summed E-state index contributed by atoms with van der Waals surface area (Å²) in [5.74, 6) is -0.328. The van der Waals surface area contributed by atoms with Gasteiger partial charge >= 0.3 is 5.69 Å². The van der Waals surface area contributed by atoms with Crippen molar-refractivity contribution in [3.05, 3.63) is 67.6 Å². The van der Waals surface area contributed by atoms with Crippen LogP contribution in [-0.4, -0.2) is 38.4 Å². The second-order valence-electron chi connectivity index (χ2n) is 6.97. The Morgan fingerprint density at radius 2 is 1.83 bits per heavy atom. The van der Waals surface area contributed by atoms with Gasteiger partial charge in [0.05, 0.1) is 11.9 Å². The lowest BCUT2D eigenvalue weighted by Gasteiger charge is -2.26. The number of H-pyrrole nitrogens is 2. The van der Waals surface area contributed by atoms with E-state index >= 15 is 0 Å². The second-order valence-corrected chi connectivity index (χ2v) is 7.41. The molecule has 0 unspecified atom stereocenters. The van der Waals surface area contributed by atoms with E-state index in [1.54, 1.807) is 19.2 Å². The lowest BCUT2D eigenvalue weighted by molar-refractivity contribution is -0.131. The van der Waals surface area contributed by atoms with Crippen molar-refractivity contribution in [1.82, 2.24) is 19.4 Å². The van der Waals surface area contributed by atoms with Crippen molar-refractivity contribution in [1.29, 1.82) is 0 Å². The minimum absolute atomic E-state index is 0.0615.